The van der Waals surface area contributed by atoms with Gasteiger partial charge in [0, 0.05) is 0 Å². The highest BCUT2D eigenvalue weighted by Gasteiger charge is 1.81. The Morgan fingerprint density at radius 3 is 0.882 bits per heavy atom. The summed E-state index contributed by atoms with van der Waals surface area (Å²) >= 11 is 0. The molecule has 1 heteroatoms. The Hall–Kier alpha value is -1.08. The van der Waals surface area contributed by atoms with E-state index < -0.39 is 0 Å². The smallest absolute Gasteiger partial charge is 0.0509 e. The summed E-state index contributed by atoms with van der Waals surface area (Å²) in [4.78, 5) is 0. The maximum absolute atomic E-state index is 8.36. The SMILES string of the molecule is C=CC.C=CC.C=CC.C=CC.CCC(C)O. The summed E-state index contributed by atoms with van der Waals surface area (Å²) in [6, 6.07) is 0. The van der Waals surface area contributed by atoms with Gasteiger partial charge in [0.2, 0.25) is 0 Å². The topological polar surface area (TPSA) is 20.2 Å². The van der Waals surface area contributed by atoms with Gasteiger partial charge in [-0.1, -0.05) is 31.2 Å². The third kappa shape index (κ3) is 2940. The molecule has 0 aromatic carbocycles. The lowest BCUT2D eigenvalue weighted by atomic mass is 10.3. The molecule has 0 radical (unpaired) electrons. The molecular weight excluding hydrogens is 208 g/mol. The van der Waals surface area contributed by atoms with Gasteiger partial charge in [-0.25, -0.2) is 0 Å². The van der Waals surface area contributed by atoms with Crippen molar-refractivity contribution >= 4 is 0 Å². The minimum atomic E-state index is -0.116. The highest BCUT2D eigenvalue weighted by molar-refractivity contribution is 4.52. The molecule has 0 spiro atoms. The lowest BCUT2D eigenvalue weighted by molar-refractivity contribution is 0.191. The quantitative estimate of drug-likeness (QED) is 0.598. The zero-order valence-corrected chi connectivity index (χ0v) is 12.9. The Labute approximate surface area is 110 Å². The average Bonchev–Trinajstić information content (AvgIpc) is 2.22. The van der Waals surface area contributed by atoms with Gasteiger partial charge in [-0.05, 0) is 41.0 Å². The van der Waals surface area contributed by atoms with Crippen LogP contribution in [0.1, 0.15) is 48.0 Å². The van der Waals surface area contributed by atoms with E-state index >= 15 is 0 Å². The molecule has 1 atom stereocenters. The van der Waals surface area contributed by atoms with Gasteiger partial charge in [-0.3, -0.25) is 0 Å². The number of allylic oxidation sites excluding steroid dienone is 4. The second-order valence-electron chi connectivity index (χ2n) is 2.89. The highest BCUT2D eigenvalue weighted by atomic mass is 16.3. The monoisotopic (exact) mass is 242 g/mol. The fourth-order valence-corrected chi connectivity index (χ4v) is 0. The summed E-state index contributed by atoms with van der Waals surface area (Å²) in [6.07, 6.45) is 7.75. The molecule has 0 bridgehead atoms. The Morgan fingerprint density at radius 2 is 0.882 bits per heavy atom. The Bertz CT molecular complexity index is 99.5. The number of aliphatic hydroxyl groups is 1. The number of rotatable bonds is 1. The zero-order chi connectivity index (χ0) is 15.1. The van der Waals surface area contributed by atoms with Crippen molar-refractivity contribution in [3.63, 3.8) is 0 Å². The van der Waals surface area contributed by atoms with Crippen LogP contribution >= 0.6 is 0 Å². The third-order valence-electron chi connectivity index (χ3n) is 0.591. The van der Waals surface area contributed by atoms with Crippen LogP contribution in [0.2, 0.25) is 0 Å². The number of aliphatic hydroxyl groups excluding tert-OH is 1. The fraction of sp³-hybridized carbons (Fsp3) is 0.500. The maximum atomic E-state index is 8.36. The van der Waals surface area contributed by atoms with E-state index in [9.17, 15) is 0 Å². The summed E-state index contributed by atoms with van der Waals surface area (Å²) < 4.78 is 0. The van der Waals surface area contributed by atoms with Crippen LogP contribution in [0.5, 0.6) is 0 Å². The lowest BCUT2D eigenvalue weighted by Gasteiger charge is -1.90. The molecule has 0 aliphatic heterocycles. The molecule has 0 amide bonds. The van der Waals surface area contributed by atoms with Gasteiger partial charge < -0.3 is 5.11 Å². The van der Waals surface area contributed by atoms with Crippen molar-refractivity contribution in [2.24, 2.45) is 0 Å². The first-order valence-corrected chi connectivity index (χ1v) is 5.89. The van der Waals surface area contributed by atoms with E-state index in [1.165, 1.54) is 0 Å². The fourth-order valence-electron chi connectivity index (χ4n) is 0. The van der Waals surface area contributed by atoms with Crippen LogP contribution in [0.25, 0.3) is 0 Å². The first-order chi connectivity index (χ1) is 7.93. The van der Waals surface area contributed by atoms with E-state index in [0.717, 1.165) is 6.42 Å². The van der Waals surface area contributed by atoms with Gasteiger partial charge in [-0.2, -0.15) is 0 Å². The first-order valence-electron chi connectivity index (χ1n) is 5.89. The van der Waals surface area contributed by atoms with Crippen molar-refractivity contribution in [1.82, 2.24) is 0 Å². The molecule has 0 aromatic rings. The Kier molecular flexibility index (Phi) is 106. The van der Waals surface area contributed by atoms with Crippen molar-refractivity contribution < 1.29 is 5.11 Å². The van der Waals surface area contributed by atoms with E-state index in [2.05, 4.69) is 26.3 Å². The molecule has 0 heterocycles. The van der Waals surface area contributed by atoms with Crippen LogP contribution in [0.15, 0.2) is 50.6 Å². The maximum Gasteiger partial charge on any atom is 0.0509 e. The van der Waals surface area contributed by atoms with Crippen molar-refractivity contribution in [2.45, 2.75) is 54.1 Å². The Balaban J connectivity index is -0.0000000362. The van der Waals surface area contributed by atoms with Crippen LogP contribution < -0.4 is 0 Å². The molecule has 0 saturated heterocycles. The second-order valence-corrected chi connectivity index (χ2v) is 2.89. The van der Waals surface area contributed by atoms with Gasteiger partial charge in [0.1, 0.15) is 0 Å². The van der Waals surface area contributed by atoms with Crippen LogP contribution in [-0.2, 0) is 0 Å². The summed E-state index contributed by atoms with van der Waals surface area (Å²) in [5, 5.41) is 8.36. The third-order valence-corrected chi connectivity index (χ3v) is 0.591. The Morgan fingerprint density at radius 1 is 0.824 bits per heavy atom. The first kappa shape index (κ1) is 29.7. The molecule has 0 rings (SSSR count). The van der Waals surface area contributed by atoms with Crippen LogP contribution in [-0.4, -0.2) is 11.2 Å². The van der Waals surface area contributed by atoms with Gasteiger partial charge in [-0.15, -0.1) is 26.3 Å². The molecule has 17 heavy (non-hydrogen) atoms. The van der Waals surface area contributed by atoms with Crippen LogP contribution in [0.3, 0.4) is 0 Å². The largest absolute Gasteiger partial charge is 0.393 e. The van der Waals surface area contributed by atoms with Crippen molar-refractivity contribution in [1.29, 1.82) is 0 Å². The van der Waals surface area contributed by atoms with E-state index in [0.29, 0.717) is 0 Å². The molecule has 1 nitrogen and oxygen atoms in total. The van der Waals surface area contributed by atoms with Gasteiger partial charge in [0.25, 0.3) is 0 Å². The highest BCUT2D eigenvalue weighted by Crippen LogP contribution is 1.81. The van der Waals surface area contributed by atoms with E-state index in [1.54, 1.807) is 31.2 Å². The molecule has 0 aliphatic rings. The minimum Gasteiger partial charge on any atom is -0.393 e. The van der Waals surface area contributed by atoms with E-state index in [4.69, 9.17) is 5.11 Å². The van der Waals surface area contributed by atoms with Crippen LogP contribution in [0.4, 0.5) is 0 Å². The zero-order valence-electron chi connectivity index (χ0n) is 12.9. The molecule has 0 aliphatic carbocycles. The van der Waals surface area contributed by atoms with Gasteiger partial charge in [0.05, 0.1) is 6.10 Å². The molecular formula is C16H34O. The molecule has 1 unspecified atom stereocenters. The number of hydrogen-bond acceptors (Lipinski definition) is 1. The minimum absolute atomic E-state index is 0.116. The van der Waals surface area contributed by atoms with Crippen molar-refractivity contribution in [3.8, 4) is 0 Å². The number of hydrogen-bond donors (Lipinski definition) is 1. The van der Waals surface area contributed by atoms with E-state index in [1.807, 2.05) is 34.6 Å². The average molecular weight is 242 g/mol. The second kappa shape index (κ2) is 60.4. The van der Waals surface area contributed by atoms with E-state index in [-0.39, 0.29) is 6.10 Å². The molecule has 1 N–H and O–H groups in total. The predicted molar refractivity (Wildman–Crippen MR) is 85.5 cm³/mol. The summed E-state index contributed by atoms with van der Waals surface area (Å²) in [5.41, 5.74) is 0. The molecule has 0 aromatic heterocycles. The summed E-state index contributed by atoms with van der Waals surface area (Å²) in [7, 11) is 0. The van der Waals surface area contributed by atoms with Crippen molar-refractivity contribution in [2.75, 3.05) is 0 Å². The predicted octanol–water partition coefficient (Wildman–Crippen LogP) is 5.55. The van der Waals surface area contributed by atoms with Crippen LogP contribution in [0, 0.1) is 0 Å². The standard InChI is InChI=1S/C4H10O.4C3H6/c1-3-4(2)5;4*1-3-2/h4-5H,3H2,1-2H3;4*3H,1H2,2H3. The van der Waals surface area contributed by atoms with Crippen molar-refractivity contribution in [3.05, 3.63) is 50.6 Å². The molecule has 0 saturated carbocycles. The molecule has 104 valence electrons. The van der Waals surface area contributed by atoms with Gasteiger partial charge >= 0.3 is 0 Å². The van der Waals surface area contributed by atoms with Gasteiger partial charge in [0.15, 0.2) is 0 Å². The summed E-state index contributed by atoms with van der Waals surface area (Å²) in [5.74, 6) is 0. The summed E-state index contributed by atoms with van der Waals surface area (Å²) in [6.45, 7) is 24.7. The lowest BCUT2D eigenvalue weighted by Crippen LogP contribution is -1.93. The normalized spacial score (nSPS) is 7.47. The molecule has 0 fully saturated rings.